The second-order valence-electron chi connectivity index (χ2n) is 8.11. The van der Waals surface area contributed by atoms with E-state index < -0.39 is 5.54 Å². The monoisotopic (exact) mass is 408 g/mol. The van der Waals surface area contributed by atoms with Gasteiger partial charge < -0.3 is 9.47 Å². The van der Waals surface area contributed by atoms with Gasteiger partial charge in [-0.1, -0.05) is 25.5 Å². The van der Waals surface area contributed by atoms with Crippen LogP contribution in [0, 0.1) is 0 Å². The molecule has 0 spiro atoms. The highest BCUT2D eigenvalue weighted by atomic mass is 16.5. The predicted octanol–water partition coefficient (Wildman–Crippen LogP) is 3.49. The minimum Gasteiger partial charge on any atom is -0.484 e. The van der Waals surface area contributed by atoms with E-state index in [1.807, 2.05) is 26.0 Å². The van der Waals surface area contributed by atoms with Crippen molar-refractivity contribution < 1.29 is 14.3 Å². The van der Waals surface area contributed by atoms with Crippen molar-refractivity contribution in [3.05, 3.63) is 54.1 Å². The number of hydrogen-bond acceptors (Lipinski definition) is 6. The van der Waals surface area contributed by atoms with Crippen LogP contribution >= 0.6 is 0 Å². The second-order valence-corrected chi connectivity index (χ2v) is 8.11. The van der Waals surface area contributed by atoms with E-state index in [9.17, 15) is 4.79 Å². The fourth-order valence-electron chi connectivity index (χ4n) is 3.73. The van der Waals surface area contributed by atoms with Gasteiger partial charge in [0, 0.05) is 24.9 Å². The van der Waals surface area contributed by atoms with Crippen molar-refractivity contribution in [2.45, 2.75) is 64.1 Å². The van der Waals surface area contributed by atoms with Gasteiger partial charge in [-0.25, -0.2) is 4.99 Å². The molecule has 2 aromatic rings. The molecule has 0 N–H and O–H groups in total. The number of aryl methyl sites for hydroxylation is 1. The van der Waals surface area contributed by atoms with Crippen LogP contribution in [0.1, 0.15) is 51.3 Å². The van der Waals surface area contributed by atoms with Crippen molar-refractivity contribution in [1.29, 1.82) is 0 Å². The summed E-state index contributed by atoms with van der Waals surface area (Å²) in [5.74, 6) is 0.495. The standard InChI is InChI=1S/C23H28N4O3/c1-4-5-6-17-7-9-18(10-8-17)29-15-21(28)27(16(2)3)22-26-23(13-20(23)30-22)19-14-24-11-12-25-19/h7-12,14,16,20H,4-6,13,15H2,1-3H3. The fraction of sp³-hybridized carbons (Fsp3) is 0.478. The Bertz CT molecular complexity index is 914. The molecule has 2 unspecified atom stereocenters. The van der Waals surface area contributed by atoms with E-state index in [4.69, 9.17) is 14.5 Å². The molecular formula is C23H28N4O3. The molecule has 1 amide bonds. The lowest BCUT2D eigenvalue weighted by Crippen LogP contribution is -2.45. The molecular weight excluding hydrogens is 380 g/mol. The summed E-state index contributed by atoms with van der Waals surface area (Å²) >= 11 is 0. The van der Waals surface area contributed by atoms with Crippen molar-refractivity contribution in [2.75, 3.05) is 6.61 Å². The van der Waals surface area contributed by atoms with Gasteiger partial charge in [0.2, 0.25) is 0 Å². The van der Waals surface area contributed by atoms with Crippen molar-refractivity contribution in [3.8, 4) is 5.75 Å². The Morgan fingerprint density at radius 1 is 1.30 bits per heavy atom. The first-order chi connectivity index (χ1) is 14.5. The second kappa shape index (κ2) is 8.42. The molecule has 1 fully saturated rings. The first-order valence-corrected chi connectivity index (χ1v) is 10.6. The molecule has 2 atom stereocenters. The van der Waals surface area contributed by atoms with E-state index in [0.29, 0.717) is 11.8 Å². The summed E-state index contributed by atoms with van der Waals surface area (Å²) in [6, 6.07) is 8.18. The minimum absolute atomic E-state index is 0.0718. The molecule has 2 heterocycles. The third-order valence-electron chi connectivity index (χ3n) is 5.51. The summed E-state index contributed by atoms with van der Waals surface area (Å²) in [6.07, 6.45) is 9.07. The van der Waals surface area contributed by atoms with Gasteiger partial charge in [0.1, 0.15) is 17.4 Å². The number of benzene rings is 1. The molecule has 0 bridgehead atoms. The van der Waals surface area contributed by atoms with Crippen LogP contribution in [0.3, 0.4) is 0 Å². The van der Waals surface area contributed by atoms with Crippen LogP contribution in [0.5, 0.6) is 5.75 Å². The Kier molecular flexibility index (Phi) is 5.70. The average Bonchev–Trinajstić information content (AvgIpc) is 3.33. The maximum absolute atomic E-state index is 12.9. The average molecular weight is 409 g/mol. The van der Waals surface area contributed by atoms with Crippen LogP contribution < -0.4 is 4.74 Å². The molecule has 4 rings (SSSR count). The van der Waals surface area contributed by atoms with Gasteiger partial charge in [-0.05, 0) is 44.4 Å². The zero-order valence-corrected chi connectivity index (χ0v) is 17.7. The molecule has 0 radical (unpaired) electrons. The van der Waals surface area contributed by atoms with Crippen LogP contribution in [0.4, 0.5) is 0 Å². The first-order valence-electron chi connectivity index (χ1n) is 10.6. The number of ether oxygens (including phenoxy) is 2. The molecule has 7 nitrogen and oxygen atoms in total. The highest BCUT2D eigenvalue weighted by Gasteiger charge is 2.65. The van der Waals surface area contributed by atoms with Crippen LogP contribution in [-0.4, -0.2) is 45.5 Å². The van der Waals surface area contributed by atoms with Crippen LogP contribution in [0.25, 0.3) is 0 Å². The number of aromatic nitrogens is 2. The number of amidine groups is 1. The summed E-state index contributed by atoms with van der Waals surface area (Å²) in [7, 11) is 0. The molecule has 1 aliphatic carbocycles. The summed E-state index contributed by atoms with van der Waals surface area (Å²) < 4.78 is 11.7. The van der Waals surface area contributed by atoms with Gasteiger partial charge >= 0.3 is 0 Å². The maximum atomic E-state index is 12.9. The molecule has 1 aliphatic heterocycles. The number of fused-ring (bicyclic) bond motifs is 1. The van der Waals surface area contributed by atoms with Crippen molar-refractivity contribution in [1.82, 2.24) is 14.9 Å². The maximum Gasteiger partial charge on any atom is 0.295 e. The molecule has 7 heteroatoms. The zero-order chi connectivity index (χ0) is 21.1. The third-order valence-corrected chi connectivity index (χ3v) is 5.51. The molecule has 1 saturated carbocycles. The van der Waals surface area contributed by atoms with Crippen LogP contribution in [0.2, 0.25) is 0 Å². The van der Waals surface area contributed by atoms with Gasteiger partial charge in [-0.3, -0.25) is 19.7 Å². The number of unbranched alkanes of at least 4 members (excludes halogenated alkanes) is 1. The number of amides is 1. The SMILES string of the molecule is CCCCc1ccc(OCC(=O)N(C2=NC3(c4cnccn4)CC3O2)C(C)C)cc1. The van der Waals surface area contributed by atoms with E-state index in [2.05, 4.69) is 29.0 Å². The third kappa shape index (κ3) is 4.01. The van der Waals surface area contributed by atoms with E-state index >= 15 is 0 Å². The van der Waals surface area contributed by atoms with Crippen molar-refractivity contribution >= 4 is 11.9 Å². The number of hydrogen-bond donors (Lipinski definition) is 0. The molecule has 1 aromatic heterocycles. The van der Waals surface area contributed by atoms with Gasteiger partial charge in [0.05, 0.1) is 11.9 Å². The smallest absolute Gasteiger partial charge is 0.295 e. The summed E-state index contributed by atoms with van der Waals surface area (Å²) in [6.45, 7) is 5.98. The molecule has 0 saturated heterocycles. The van der Waals surface area contributed by atoms with Gasteiger partial charge in [-0.15, -0.1) is 0 Å². The zero-order valence-electron chi connectivity index (χ0n) is 17.7. The molecule has 158 valence electrons. The fourth-order valence-corrected chi connectivity index (χ4v) is 3.73. The highest BCUT2D eigenvalue weighted by Crippen LogP contribution is 2.55. The topological polar surface area (TPSA) is 76.9 Å². The molecule has 2 aliphatic rings. The van der Waals surface area contributed by atoms with Crippen molar-refractivity contribution in [2.24, 2.45) is 4.99 Å². The van der Waals surface area contributed by atoms with Gasteiger partial charge in [0.15, 0.2) is 6.61 Å². The van der Waals surface area contributed by atoms with Crippen LogP contribution in [-0.2, 0) is 21.5 Å². The Labute approximate surface area is 177 Å². The first kappa shape index (κ1) is 20.3. The number of aliphatic imine (C=N–C) groups is 1. The summed E-state index contributed by atoms with van der Waals surface area (Å²) in [5, 5.41) is 0. The predicted molar refractivity (Wildman–Crippen MR) is 113 cm³/mol. The number of carbonyl (C=O) groups is 1. The molecule has 1 aromatic carbocycles. The van der Waals surface area contributed by atoms with Gasteiger partial charge in [-0.2, -0.15) is 0 Å². The van der Waals surface area contributed by atoms with Gasteiger partial charge in [0.25, 0.3) is 11.9 Å². The van der Waals surface area contributed by atoms with E-state index in [-0.39, 0.29) is 24.7 Å². The van der Waals surface area contributed by atoms with E-state index in [1.54, 1.807) is 23.5 Å². The number of carbonyl (C=O) groups excluding carboxylic acids is 1. The Balaban J connectivity index is 1.41. The number of nitrogens with zero attached hydrogens (tertiary/aromatic N) is 4. The lowest BCUT2D eigenvalue weighted by atomic mass is 10.1. The highest BCUT2D eigenvalue weighted by molar-refractivity contribution is 5.96. The van der Waals surface area contributed by atoms with Crippen LogP contribution in [0.15, 0.2) is 47.8 Å². The lowest BCUT2D eigenvalue weighted by Gasteiger charge is -2.26. The Morgan fingerprint density at radius 2 is 2.10 bits per heavy atom. The quantitative estimate of drug-likeness (QED) is 0.668. The minimum atomic E-state index is -0.508. The largest absolute Gasteiger partial charge is 0.484 e. The molecule has 30 heavy (non-hydrogen) atoms. The Hall–Kier alpha value is -2.96. The van der Waals surface area contributed by atoms with Crippen molar-refractivity contribution in [3.63, 3.8) is 0 Å². The normalized spacial score (nSPS) is 21.6. The van der Waals surface area contributed by atoms with E-state index in [0.717, 1.165) is 18.5 Å². The lowest BCUT2D eigenvalue weighted by molar-refractivity contribution is -0.131. The Morgan fingerprint density at radius 3 is 2.77 bits per heavy atom. The summed E-state index contributed by atoms with van der Waals surface area (Å²) in [4.78, 5) is 27.8. The van der Waals surface area contributed by atoms with E-state index in [1.165, 1.54) is 18.4 Å². The summed E-state index contributed by atoms with van der Waals surface area (Å²) in [5.41, 5.74) is 1.55. The number of rotatable bonds is 8.